The molecule has 1 saturated heterocycles. The predicted octanol–water partition coefficient (Wildman–Crippen LogP) is 1.34. The maximum absolute atomic E-state index is 12.8. The van der Waals surface area contributed by atoms with Crippen molar-refractivity contribution in [3.63, 3.8) is 0 Å². The number of benzene rings is 1. The molecule has 2 N–H and O–H groups in total. The standard InChI is InChI=1S/C14H18F3N3O/c15-14(16,17)12-4-2-1-3-11(12)13(21)19-7-10-20-8-5-18-6-9-20/h1-4,18H,5-10H2,(H,19,21). The molecule has 1 aromatic rings. The Balaban J connectivity index is 1.91. The number of nitrogens with zero attached hydrogens (tertiary/aromatic N) is 1. The monoisotopic (exact) mass is 301 g/mol. The molecule has 116 valence electrons. The van der Waals surface area contributed by atoms with Gasteiger partial charge in [-0.05, 0) is 12.1 Å². The number of carbonyl (C=O) groups is 1. The molecule has 0 aliphatic carbocycles. The summed E-state index contributed by atoms with van der Waals surface area (Å²) in [7, 11) is 0. The van der Waals surface area contributed by atoms with Gasteiger partial charge in [0.05, 0.1) is 11.1 Å². The summed E-state index contributed by atoms with van der Waals surface area (Å²) in [6, 6.07) is 4.83. The van der Waals surface area contributed by atoms with Crippen molar-refractivity contribution in [2.24, 2.45) is 0 Å². The largest absolute Gasteiger partial charge is 0.417 e. The van der Waals surface area contributed by atoms with Crippen molar-refractivity contribution in [2.75, 3.05) is 39.3 Å². The number of alkyl halides is 3. The van der Waals surface area contributed by atoms with Crippen LogP contribution < -0.4 is 10.6 Å². The van der Waals surface area contributed by atoms with E-state index in [9.17, 15) is 18.0 Å². The molecule has 7 heteroatoms. The molecular formula is C14H18F3N3O. The molecule has 0 spiro atoms. The summed E-state index contributed by atoms with van der Waals surface area (Å²) in [4.78, 5) is 14.1. The number of halogens is 3. The van der Waals surface area contributed by atoms with E-state index in [2.05, 4.69) is 15.5 Å². The number of hydrogen-bond donors (Lipinski definition) is 2. The summed E-state index contributed by atoms with van der Waals surface area (Å²) >= 11 is 0. The van der Waals surface area contributed by atoms with Crippen molar-refractivity contribution in [2.45, 2.75) is 6.18 Å². The molecular weight excluding hydrogens is 283 g/mol. The van der Waals surface area contributed by atoms with E-state index in [0.29, 0.717) is 13.1 Å². The molecule has 0 atom stereocenters. The van der Waals surface area contributed by atoms with E-state index in [1.807, 2.05) is 0 Å². The third-order valence-electron chi connectivity index (χ3n) is 3.40. The highest BCUT2D eigenvalue weighted by Gasteiger charge is 2.34. The van der Waals surface area contributed by atoms with Gasteiger partial charge in [-0.25, -0.2) is 0 Å². The third kappa shape index (κ3) is 4.44. The number of nitrogens with one attached hydrogen (secondary N) is 2. The number of carbonyl (C=O) groups excluding carboxylic acids is 1. The van der Waals surface area contributed by atoms with Gasteiger partial charge < -0.3 is 10.6 Å². The first-order valence-corrected chi connectivity index (χ1v) is 6.86. The van der Waals surface area contributed by atoms with Crippen LogP contribution in [0.15, 0.2) is 24.3 Å². The molecule has 1 aromatic carbocycles. The van der Waals surface area contributed by atoms with Crippen LogP contribution in [0.2, 0.25) is 0 Å². The number of amides is 1. The van der Waals surface area contributed by atoms with Gasteiger partial charge in [-0.2, -0.15) is 13.2 Å². The van der Waals surface area contributed by atoms with Crippen LogP contribution in [0.1, 0.15) is 15.9 Å². The average Bonchev–Trinajstić information content (AvgIpc) is 2.47. The summed E-state index contributed by atoms with van der Waals surface area (Å²) in [5.41, 5.74) is -1.23. The van der Waals surface area contributed by atoms with Gasteiger partial charge in [0.1, 0.15) is 0 Å². The van der Waals surface area contributed by atoms with Crippen molar-refractivity contribution < 1.29 is 18.0 Å². The second-order valence-corrected chi connectivity index (χ2v) is 4.89. The second-order valence-electron chi connectivity index (χ2n) is 4.89. The van der Waals surface area contributed by atoms with E-state index < -0.39 is 17.6 Å². The van der Waals surface area contributed by atoms with Crippen LogP contribution in [0.5, 0.6) is 0 Å². The highest BCUT2D eigenvalue weighted by molar-refractivity contribution is 5.95. The summed E-state index contributed by atoms with van der Waals surface area (Å²) in [5.74, 6) is -0.682. The lowest BCUT2D eigenvalue weighted by atomic mass is 10.1. The van der Waals surface area contributed by atoms with Gasteiger partial charge in [0.25, 0.3) is 5.91 Å². The fourth-order valence-corrected chi connectivity index (χ4v) is 2.29. The van der Waals surface area contributed by atoms with Crippen molar-refractivity contribution >= 4 is 5.91 Å². The van der Waals surface area contributed by atoms with Gasteiger partial charge in [-0.1, -0.05) is 12.1 Å². The van der Waals surface area contributed by atoms with Crippen LogP contribution in [0.3, 0.4) is 0 Å². The van der Waals surface area contributed by atoms with Crippen LogP contribution in [0.4, 0.5) is 13.2 Å². The van der Waals surface area contributed by atoms with Crippen LogP contribution in [-0.2, 0) is 6.18 Å². The Morgan fingerprint density at radius 1 is 1.24 bits per heavy atom. The minimum absolute atomic E-state index is 0.328. The topological polar surface area (TPSA) is 44.4 Å². The van der Waals surface area contributed by atoms with Crippen LogP contribution in [0, 0.1) is 0 Å². The third-order valence-corrected chi connectivity index (χ3v) is 3.40. The molecule has 1 aliphatic rings. The zero-order chi connectivity index (χ0) is 15.3. The van der Waals surface area contributed by atoms with Crippen molar-refractivity contribution in [1.82, 2.24) is 15.5 Å². The number of piperazine rings is 1. The van der Waals surface area contributed by atoms with Crippen molar-refractivity contribution in [1.29, 1.82) is 0 Å². The lowest BCUT2D eigenvalue weighted by Gasteiger charge is -2.27. The second kappa shape index (κ2) is 6.91. The Bertz CT molecular complexity index is 485. The molecule has 2 rings (SSSR count). The Morgan fingerprint density at radius 2 is 1.90 bits per heavy atom. The molecule has 1 heterocycles. The fraction of sp³-hybridized carbons (Fsp3) is 0.500. The summed E-state index contributed by atoms with van der Waals surface area (Å²) in [6.07, 6.45) is -4.52. The lowest BCUT2D eigenvalue weighted by molar-refractivity contribution is -0.137. The highest BCUT2D eigenvalue weighted by Crippen LogP contribution is 2.31. The lowest BCUT2D eigenvalue weighted by Crippen LogP contribution is -2.46. The number of rotatable bonds is 4. The Hall–Kier alpha value is -1.60. The first-order chi connectivity index (χ1) is 9.98. The van der Waals surface area contributed by atoms with E-state index in [0.717, 1.165) is 32.2 Å². The maximum Gasteiger partial charge on any atom is 0.417 e. The summed E-state index contributed by atoms with van der Waals surface area (Å²) in [6.45, 7) is 4.53. The molecule has 1 amide bonds. The van der Waals surface area contributed by atoms with Crippen molar-refractivity contribution in [3.8, 4) is 0 Å². The number of hydrogen-bond acceptors (Lipinski definition) is 3. The molecule has 0 bridgehead atoms. The maximum atomic E-state index is 12.8. The van der Waals surface area contributed by atoms with E-state index >= 15 is 0 Å². The molecule has 1 aliphatic heterocycles. The molecule has 21 heavy (non-hydrogen) atoms. The van der Waals surface area contributed by atoms with E-state index in [1.54, 1.807) is 0 Å². The van der Waals surface area contributed by atoms with Gasteiger partial charge in [0.2, 0.25) is 0 Å². The zero-order valence-corrected chi connectivity index (χ0v) is 11.5. The smallest absolute Gasteiger partial charge is 0.351 e. The minimum Gasteiger partial charge on any atom is -0.351 e. The molecule has 0 aromatic heterocycles. The fourth-order valence-electron chi connectivity index (χ4n) is 2.29. The van der Waals surface area contributed by atoms with Crippen LogP contribution >= 0.6 is 0 Å². The summed E-state index contributed by atoms with van der Waals surface area (Å²) < 4.78 is 38.5. The predicted molar refractivity (Wildman–Crippen MR) is 73.1 cm³/mol. The Kier molecular flexibility index (Phi) is 5.19. The van der Waals surface area contributed by atoms with Crippen LogP contribution in [-0.4, -0.2) is 50.1 Å². The molecule has 0 saturated carbocycles. The van der Waals surface area contributed by atoms with Gasteiger partial charge in [-0.15, -0.1) is 0 Å². The Labute approximate surface area is 121 Å². The van der Waals surface area contributed by atoms with E-state index in [-0.39, 0.29) is 5.56 Å². The van der Waals surface area contributed by atoms with E-state index in [4.69, 9.17) is 0 Å². The zero-order valence-electron chi connectivity index (χ0n) is 11.5. The van der Waals surface area contributed by atoms with Gasteiger partial charge in [0.15, 0.2) is 0 Å². The van der Waals surface area contributed by atoms with Gasteiger partial charge in [0, 0.05) is 39.3 Å². The molecule has 4 nitrogen and oxygen atoms in total. The normalized spacial score (nSPS) is 16.7. The Morgan fingerprint density at radius 3 is 2.57 bits per heavy atom. The molecule has 1 fully saturated rings. The van der Waals surface area contributed by atoms with Gasteiger partial charge in [-0.3, -0.25) is 9.69 Å². The highest BCUT2D eigenvalue weighted by atomic mass is 19.4. The van der Waals surface area contributed by atoms with E-state index in [1.165, 1.54) is 18.2 Å². The first-order valence-electron chi connectivity index (χ1n) is 6.86. The first kappa shape index (κ1) is 15.8. The quantitative estimate of drug-likeness (QED) is 0.882. The van der Waals surface area contributed by atoms with Crippen LogP contribution in [0.25, 0.3) is 0 Å². The molecule has 0 radical (unpaired) electrons. The molecule has 0 unspecified atom stereocenters. The summed E-state index contributed by atoms with van der Waals surface area (Å²) in [5, 5.41) is 5.77. The van der Waals surface area contributed by atoms with Gasteiger partial charge >= 0.3 is 6.18 Å². The minimum atomic E-state index is -4.52. The SMILES string of the molecule is O=C(NCCN1CCNCC1)c1ccccc1C(F)(F)F. The average molecular weight is 301 g/mol. The van der Waals surface area contributed by atoms with Crippen molar-refractivity contribution in [3.05, 3.63) is 35.4 Å².